The Labute approximate surface area is 129 Å². The van der Waals surface area contributed by atoms with Crippen LogP contribution in [0.15, 0.2) is 0 Å². The lowest BCUT2D eigenvalue weighted by atomic mass is 10.0. The fourth-order valence-electron chi connectivity index (χ4n) is 3.18. The molecular formula is C15H29ClN2O2. The van der Waals surface area contributed by atoms with Crippen LogP contribution in [0.2, 0.25) is 0 Å². The quantitative estimate of drug-likeness (QED) is 0.848. The van der Waals surface area contributed by atoms with Crippen molar-refractivity contribution in [2.45, 2.75) is 70.1 Å². The summed E-state index contributed by atoms with van der Waals surface area (Å²) in [6, 6.07) is 0.569. The van der Waals surface area contributed by atoms with Gasteiger partial charge in [0.25, 0.3) is 5.91 Å². The first-order valence-electron chi connectivity index (χ1n) is 7.86. The third-order valence-corrected chi connectivity index (χ3v) is 4.52. The van der Waals surface area contributed by atoms with Gasteiger partial charge in [-0.3, -0.25) is 4.79 Å². The Morgan fingerprint density at radius 2 is 1.85 bits per heavy atom. The van der Waals surface area contributed by atoms with Crippen molar-refractivity contribution in [1.82, 2.24) is 10.2 Å². The number of halogens is 1. The molecule has 1 saturated heterocycles. The monoisotopic (exact) mass is 304 g/mol. The second-order valence-corrected chi connectivity index (χ2v) is 5.83. The van der Waals surface area contributed by atoms with E-state index in [9.17, 15) is 4.79 Å². The number of carbonyl (C=O) groups is 1. The van der Waals surface area contributed by atoms with Crippen molar-refractivity contribution in [3.05, 3.63) is 0 Å². The molecule has 2 aliphatic rings. The predicted molar refractivity (Wildman–Crippen MR) is 83.3 cm³/mol. The molecule has 1 heterocycles. The van der Waals surface area contributed by atoms with Gasteiger partial charge in [0.05, 0.1) is 6.10 Å². The average Bonchev–Trinajstić information content (AvgIpc) is 2.97. The molecule has 0 aromatic carbocycles. The molecule has 1 amide bonds. The van der Waals surface area contributed by atoms with E-state index >= 15 is 0 Å². The Bertz CT molecular complexity index is 288. The number of piperidine rings is 1. The van der Waals surface area contributed by atoms with E-state index in [1.54, 1.807) is 0 Å². The molecule has 1 saturated carbocycles. The van der Waals surface area contributed by atoms with Crippen molar-refractivity contribution in [2.24, 2.45) is 0 Å². The lowest BCUT2D eigenvalue weighted by Gasteiger charge is -2.34. The minimum atomic E-state index is -0.214. The number of nitrogens with one attached hydrogen (secondary N) is 1. The second-order valence-electron chi connectivity index (χ2n) is 5.83. The molecule has 0 spiro atoms. The van der Waals surface area contributed by atoms with Gasteiger partial charge in [-0.2, -0.15) is 0 Å². The fourth-order valence-corrected chi connectivity index (χ4v) is 3.18. The first kappa shape index (κ1) is 17.7. The van der Waals surface area contributed by atoms with Gasteiger partial charge in [0, 0.05) is 19.1 Å². The Balaban J connectivity index is 0.00000200. The SMILES string of the molecule is CCC(OC1CCCC1)C(=O)N1CCC(NC)CC1.Cl. The number of hydrogen-bond donors (Lipinski definition) is 1. The van der Waals surface area contributed by atoms with E-state index in [-0.39, 0.29) is 24.4 Å². The van der Waals surface area contributed by atoms with Gasteiger partial charge in [-0.15, -0.1) is 12.4 Å². The van der Waals surface area contributed by atoms with Crippen molar-refractivity contribution in [2.75, 3.05) is 20.1 Å². The standard InChI is InChI=1S/C15H28N2O2.ClH/c1-3-14(19-13-6-4-5-7-13)15(18)17-10-8-12(16-2)9-11-17;/h12-14,16H,3-11H2,1-2H3;1H. The van der Waals surface area contributed by atoms with Gasteiger partial charge in [0.1, 0.15) is 6.10 Å². The third kappa shape index (κ3) is 4.61. The van der Waals surface area contributed by atoms with Gasteiger partial charge in [-0.1, -0.05) is 19.8 Å². The summed E-state index contributed by atoms with van der Waals surface area (Å²) in [4.78, 5) is 14.5. The lowest BCUT2D eigenvalue weighted by Crippen LogP contribution is -2.48. The van der Waals surface area contributed by atoms with Crippen LogP contribution in [0, 0.1) is 0 Å². The third-order valence-electron chi connectivity index (χ3n) is 4.52. The Morgan fingerprint density at radius 1 is 1.25 bits per heavy atom. The molecule has 2 rings (SSSR count). The van der Waals surface area contributed by atoms with E-state index in [4.69, 9.17) is 4.74 Å². The summed E-state index contributed by atoms with van der Waals surface area (Å²) in [7, 11) is 2.00. The van der Waals surface area contributed by atoms with Crippen LogP contribution in [-0.4, -0.2) is 49.2 Å². The molecule has 2 fully saturated rings. The average molecular weight is 305 g/mol. The van der Waals surface area contributed by atoms with Crippen molar-refractivity contribution >= 4 is 18.3 Å². The smallest absolute Gasteiger partial charge is 0.251 e. The largest absolute Gasteiger partial charge is 0.365 e. The maximum Gasteiger partial charge on any atom is 0.251 e. The number of likely N-dealkylation sites (tertiary alicyclic amines) is 1. The highest BCUT2D eigenvalue weighted by Crippen LogP contribution is 2.24. The van der Waals surface area contributed by atoms with Crippen LogP contribution in [0.3, 0.4) is 0 Å². The molecule has 0 aromatic rings. The van der Waals surface area contributed by atoms with E-state index < -0.39 is 0 Å². The zero-order chi connectivity index (χ0) is 13.7. The highest BCUT2D eigenvalue weighted by Gasteiger charge is 2.30. The minimum absolute atomic E-state index is 0. The molecule has 0 bridgehead atoms. The number of ether oxygens (including phenoxy) is 1. The van der Waals surface area contributed by atoms with Crippen LogP contribution in [0.25, 0.3) is 0 Å². The number of rotatable bonds is 5. The van der Waals surface area contributed by atoms with E-state index in [0.29, 0.717) is 12.1 Å². The molecule has 1 aliphatic carbocycles. The summed E-state index contributed by atoms with van der Waals surface area (Å²) in [5, 5.41) is 3.30. The zero-order valence-electron chi connectivity index (χ0n) is 12.8. The van der Waals surface area contributed by atoms with Crippen molar-refractivity contribution < 1.29 is 9.53 Å². The van der Waals surface area contributed by atoms with E-state index in [1.807, 2.05) is 11.9 Å². The van der Waals surface area contributed by atoms with Crippen LogP contribution >= 0.6 is 12.4 Å². The number of nitrogens with zero attached hydrogens (tertiary/aromatic N) is 1. The summed E-state index contributed by atoms with van der Waals surface area (Å²) >= 11 is 0. The van der Waals surface area contributed by atoms with E-state index in [0.717, 1.165) is 45.2 Å². The predicted octanol–water partition coefficient (Wildman–Crippen LogP) is 2.36. The summed E-state index contributed by atoms with van der Waals surface area (Å²) in [5.41, 5.74) is 0. The molecule has 1 atom stereocenters. The topological polar surface area (TPSA) is 41.6 Å². The number of carbonyl (C=O) groups excluding carboxylic acids is 1. The normalized spacial score (nSPS) is 22.6. The van der Waals surface area contributed by atoms with Gasteiger partial charge in [0.15, 0.2) is 0 Å². The van der Waals surface area contributed by atoms with Crippen molar-refractivity contribution in [3.8, 4) is 0 Å². The maximum atomic E-state index is 12.5. The highest BCUT2D eigenvalue weighted by atomic mass is 35.5. The maximum absolute atomic E-state index is 12.5. The van der Waals surface area contributed by atoms with Gasteiger partial charge in [-0.25, -0.2) is 0 Å². The molecule has 0 radical (unpaired) electrons. The molecular weight excluding hydrogens is 276 g/mol. The molecule has 5 heteroatoms. The van der Waals surface area contributed by atoms with Gasteiger partial charge < -0.3 is 15.0 Å². The minimum Gasteiger partial charge on any atom is -0.365 e. The van der Waals surface area contributed by atoms with Crippen molar-refractivity contribution in [1.29, 1.82) is 0 Å². The lowest BCUT2D eigenvalue weighted by molar-refractivity contribution is -0.148. The van der Waals surface area contributed by atoms with Crippen LogP contribution in [0.1, 0.15) is 51.9 Å². The Hall–Kier alpha value is -0.320. The van der Waals surface area contributed by atoms with Gasteiger partial charge in [-0.05, 0) is 39.2 Å². The molecule has 118 valence electrons. The Kier molecular flexibility index (Phi) is 7.85. The van der Waals surface area contributed by atoms with E-state index in [2.05, 4.69) is 12.2 Å². The molecule has 20 heavy (non-hydrogen) atoms. The number of amides is 1. The van der Waals surface area contributed by atoms with Crippen molar-refractivity contribution in [3.63, 3.8) is 0 Å². The zero-order valence-corrected chi connectivity index (χ0v) is 13.6. The number of hydrogen-bond acceptors (Lipinski definition) is 3. The first-order chi connectivity index (χ1) is 9.24. The first-order valence-corrected chi connectivity index (χ1v) is 7.86. The van der Waals surface area contributed by atoms with Gasteiger partial charge in [0.2, 0.25) is 0 Å². The summed E-state index contributed by atoms with van der Waals surface area (Å²) < 4.78 is 6.02. The summed E-state index contributed by atoms with van der Waals surface area (Å²) in [6.45, 7) is 3.79. The fraction of sp³-hybridized carbons (Fsp3) is 0.933. The molecule has 1 aliphatic heterocycles. The van der Waals surface area contributed by atoms with Gasteiger partial charge >= 0.3 is 0 Å². The van der Waals surface area contributed by atoms with Crippen LogP contribution in [0.4, 0.5) is 0 Å². The van der Waals surface area contributed by atoms with Crippen LogP contribution in [0.5, 0.6) is 0 Å². The second kappa shape index (κ2) is 8.85. The molecule has 1 unspecified atom stereocenters. The summed E-state index contributed by atoms with van der Waals surface area (Å²) in [5.74, 6) is 0.212. The highest BCUT2D eigenvalue weighted by molar-refractivity contribution is 5.85. The summed E-state index contributed by atoms with van der Waals surface area (Å²) in [6.07, 6.45) is 7.78. The molecule has 4 nitrogen and oxygen atoms in total. The molecule has 0 aromatic heterocycles. The van der Waals surface area contributed by atoms with Crippen LogP contribution < -0.4 is 5.32 Å². The van der Waals surface area contributed by atoms with E-state index in [1.165, 1.54) is 12.8 Å². The Morgan fingerprint density at radius 3 is 2.35 bits per heavy atom. The van der Waals surface area contributed by atoms with Crippen LogP contribution in [-0.2, 0) is 9.53 Å². The molecule has 1 N–H and O–H groups in total.